The molecule has 5 rings (SSSR count). The topological polar surface area (TPSA) is 64.6 Å². The first-order valence-corrected chi connectivity index (χ1v) is 22.2. The predicted octanol–water partition coefficient (Wildman–Crippen LogP) is 9.67. The first-order chi connectivity index (χ1) is 28.2. The fourth-order valence-electron chi connectivity index (χ4n) is 7.20. The molecule has 0 aromatic heterocycles. The summed E-state index contributed by atoms with van der Waals surface area (Å²) in [5.74, 6) is 0.807. The summed E-state index contributed by atoms with van der Waals surface area (Å²) in [5, 5.41) is 2.41. The van der Waals surface area contributed by atoms with Gasteiger partial charge in [0.1, 0.15) is 24.8 Å². The van der Waals surface area contributed by atoms with Crippen LogP contribution < -0.4 is 15.1 Å². The van der Waals surface area contributed by atoms with E-state index in [4.69, 9.17) is 32.8 Å². The molecule has 0 N–H and O–H groups in total. The highest BCUT2D eigenvalue weighted by Gasteiger charge is 2.50. The van der Waals surface area contributed by atoms with Gasteiger partial charge in [0.2, 0.25) is 0 Å². The molecule has 5 aromatic rings. The van der Waals surface area contributed by atoms with Gasteiger partial charge in [-0.25, -0.2) is 0 Å². The highest BCUT2D eigenvalue weighted by atomic mass is 28.4. The van der Waals surface area contributed by atoms with Crippen molar-refractivity contribution in [2.45, 2.75) is 89.8 Å². The number of rotatable bonds is 24. The van der Waals surface area contributed by atoms with E-state index in [0.29, 0.717) is 32.8 Å². The summed E-state index contributed by atoms with van der Waals surface area (Å²) in [6, 6.07) is 50.0. The molecule has 7 nitrogen and oxygen atoms in total. The second kappa shape index (κ2) is 23.3. The summed E-state index contributed by atoms with van der Waals surface area (Å²) >= 11 is 0. The van der Waals surface area contributed by atoms with E-state index in [1.165, 1.54) is 10.4 Å². The van der Waals surface area contributed by atoms with Crippen molar-refractivity contribution in [2.75, 3.05) is 27.6 Å². The standard InChI is InChI=1S/C50H62O7Si/c1-40(53-36-43-29-31-44(52-6)32-30-43)47(56-39-51-5)33-34-49(55-38-42-22-13-8-14-23-42)48(54-37-41-20-11-7-12-21-41)28-19-35-57-58(50(2,3)4,45-24-15-9-16-25-45)46-26-17-10-18-27-46/h7-18,20-27,29-34,40,47-49H,19,28,35-39H2,1-6H3/b34-33+/t40-,47+,48+,49-/m1/s1. The zero-order valence-corrected chi connectivity index (χ0v) is 36.1. The van der Waals surface area contributed by atoms with Crippen molar-refractivity contribution in [3.8, 4) is 5.75 Å². The van der Waals surface area contributed by atoms with Gasteiger partial charge >= 0.3 is 0 Å². The summed E-state index contributed by atoms with van der Waals surface area (Å²) in [5.41, 5.74) is 3.23. The van der Waals surface area contributed by atoms with Crippen molar-refractivity contribution in [2.24, 2.45) is 0 Å². The second-order valence-corrected chi connectivity index (χ2v) is 19.8. The van der Waals surface area contributed by atoms with Crippen LogP contribution in [0.2, 0.25) is 5.04 Å². The Kier molecular flexibility index (Phi) is 17.9. The quantitative estimate of drug-likeness (QED) is 0.0267. The Morgan fingerprint density at radius 1 is 0.552 bits per heavy atom. The van der Waals surface area contributed by atoms with Crippen LogP contribution >= 0.6 is 0 Å². The lowest BCUT2D eigenvalue weighted by Gasteiger charge is -2.43. The summed E-state index contributed by atoms with van der Waals surface area (Å²) in [6.45, 7) is 10.9. The third-order valence-electron chi connectivity index (χ3n) is 10.3. The van der Waals surface area contributed by atoms with Gasteiger partial charge in [-0.15, -0.1) is 0 Å². The molecule has 0 bridgehead atoms. The molecule has 0 saturated heterocycles. The average molecular weight is 803 g/mol. The molecule has 0 aliphatic heterocycles. The lowest BCUT2D eigenvalue weighted by molar-refractivity contribution is -0.109. The van der Waals surface area contributed by atoms with E-state index in [-0.39, 0.29) is 24.0 Å². The van der Waals surface area contributed by atoms with Gasteiger partial charge in [0, 0.05) is 13.7 Å². The monoisotopic (exact) mass is 802 g/mol. The molecule has 0 spiro atoms. The number of hydrogen-bond donors (Lipinski definition) is 0. The lowest BCUT2D eigenvalue weighted by Crippen LogP contribution is -2.66. The maximum atomic E-state index is 7.31. The van der Waals surface area contributed by atoms with Crippen molar-refractivity contribution >= 4 is 18.7 Å². The molecule has 5 aromatic carbocycles. The SMILES string of the molecule is COCO[C@@H](/C=C/[C@@H](OCc1ccccc1)[C@H](CCCO[Si](c1ccccc1)(c1ccccc1)C(C)(C)C)OCc1ccccc1)[C@@H](C)OCc1ccc(OC)cc1. The Bertz CT molecular complexity index is 1830. The Labute approximate surface area is 348 Å². The number of hydrogen-bond acceptors (Lipinski definition) is 7. The first-order valence-electron chi connectivity index (χ1n) is 20.3. The van der Waals surface area contributed by atoms with Crippen molar-refractivity contribution in [1.82, 2.24) is 0 Å². The molecule has 308 valence electrons. The van der Waals surface area contributed by atoms with Gasteiger partial charge in [-0.3, -0.25) is 0 Å². The van der Waals surface area contributed by atoms with E-state index in [0.717, 1.165) is 28.9 Å². The fraction of sp³-hybridized carbons (Fsp3) is 0.360. The summed E-state index contributed by atoms with van der Waals surface area (Å²) < 4.78 is 44.1. The number of methoxy groups -OCH3 is 2. The van der Waals surface area contributed by atoms with Crippen molar-refractivity contribution < 1.29 is 32.8 Å². The molecule has 0 aliphatic carbocycles. The van der Waals surface area contributed by atoms with E-state index in [1.54, 1.807) is 14.2 Å². The van der Waals surface area contributed by atoms with Crippen LogP contribution in [0, 0.1) is 0 Å². The smallest absolute Gasteiger partial charge is 0.261 e. The summed E-state index contributed by atoms with van der Waals surface area (Å²) in [7, 11) is 0.579. The van der Waals surface area contributed by atoms with E-state index >= 15 is 0 Å². The maximum Gasteiger partial charge on any atom is 0.261 e. The van der Waals surface area contributed by atoms with Crippen LogP contribution in [-0.4, -0.2) is 60.4 Å². The molecule has 0 unspecified atom stereocenters. The normalized spacial score (nSPS) is 14.2. The highest BCUT2D eigenvalue weighted by molar-refractivity contribution is 6.99. The van der Waals surface area contributed by atoms with Gasteiger partial charge in [0.15, 0.2) is 0 Å². The molecule has 4 atom stereocenters. The van der Waals surface area contributed by atoms with Gasteiger partial charge in [-0.2, -0.15) is 0 Å². The summed E-state index contributed by atoms with van der Waals surface area (Å²) in [4.78, 5) is 0. The third-order valence-corrected chi connectivity index (χ3v) is 15.4. The van der Waals surface area contributed by atoms with Crippen LogP contribution in [0.25, 0.3) is 0 Å². The largest absolute Gasteiger partial charge is 0.497 e. The molecule has 0 radical (unpaired) electrons. The summed E-state index contributed by atoms with van der Waals surface area (Å²) in [6.07, 6.45) is 4.21. The van der Waals surface area contributed by atoms with Gasteiger partial charge in [0.05, 0.1) is 39.1 Å². The molecule has 0 heterocycles. The molecular weight excluding hydrogens is 741 g/mol. The van der Waals surface area contributed by atoms with Gasteiger partial charge in [-0.1, -0.05) is 166 Å². The van der Waals surface area contributed by atoms with E-state index in [1.807, 2.05) is 73.7 Å². The van der Waals surface area contributed by atoms with Crippen molar-refractivity contribution in [1.29, 1.82) is 0 Å². The molecule has 0 aliphatic rings. The third kappa shape index (κ3) is 13.1. The average Bonchev–Trinajstić information content (AvgIpc) is 3.26. The molecular formula is C50H62O7Si. The van der Waals surface area contributed by atoms with E-state index < -0.39 is 20.5 Å². The minimum Gasteiger partial charge on any atom is -0.497 e. The molecule has 8 heteroatoms. The molecule has 0 amide bonds. The molecule has 58 heavy (non-hydrogen) atoms. The van der Waals surface area contributed by atoms with Crippen LogP contribution in [0.1, 0.15) is 57.2 Å². The van der Waals surface area contributed by atoms with Crippen LogP contribution in [0.5, 0.6) is 5.75 Å². The van der Waals surface area contributed by atoms with Crippen LogP contribution in [0.3, 0.4) is 0 Å². The Hall–Kier alpha value is -4.38. The number of ether oxygens (including phenoxy) is 6. The lowest BCUT2D eigenvalue weighted by atomic mass is 10.1. The Morgan fingerprint density at radius 2 is 1.03 bits per heavy atom. The molecule has 0 saturated carbocycles. The predicted molar refractivity (Wildman–Crippen MR) is 236 cm³/mol. The first kappa shape index (κ1) is 44.7. The van der Waals surface area contributed by atoms with Crippen molar-refractivity contribution in [3.63, 3.8) is 0 Å². The van der Waals surface area contributed by atoms with Gasteiger partial charge in [-0.05, 0) is 64.0 Å². The highest BCUT2D eigenvalue weighted by Crippen LogP contribution is 2.37. The Morgan fingerprint density at radius 3 is 1.55 bits per heavy atom. The van der Waals surface area contributed by atoms with Crippen LogP contribution in [0.15, 0.2) is 158 Å². The number of benzene rings is 5. The zero-order chi connectivity index (χ0) is 41.1. The van der Waals surface area contributed by atoms with Crippen LogP contribution in [-0.2, 0) is 47.9 Å². The van der Waals surface area contributed by atoms with Gasteiger partial charge in [0.25, 0.3) is 8.32 Å². The zero-order valence-electron chi connectivity index (χ0n) is 35.1. The molecule has 0 fully saturated rings. The second-order valence-electron chi connectivity index (χ2n) is 15.5. The van der Waals surface area contributed by atoms with E-state index in [2.05, 4.69) is 112 Å². The maximum absolute atomic E-state index is 7.31. The van der Waals surface area contributed by atoms with E-state index in [9.17, 15) is 0 Å². The minimum atomic E-state index is -2.71. The van der Waals surface area contributed by atoms with Crippen LogP contribution in [0.4, 0.5) is 0 Å². The fourth-order valence-corrected chi connectivity index (χ4v) is 11.8. The minimum absolute atomic E-state index is 0.119. The van der Waals surface area contributed by atoms with Gasteiger partial charge < -0.3 is 32.8 Å². The van der Waals surface area contributed by atoms with Crippen molar-refractivity contribution in [3.05, 3.63) is 174 Å². The Balaban J connectivity index is 1.40.